The van der Waals surface area contributed by atoms with Crippen LogP contribution in [-0.2, 0) is 0 Å². The molecule has 0 bridgehead atoms. The van der Waals surface area contributed by atoms with Crippen LogP contribution < -0.4 is 0 Å². The van der Waals surface area contributed by atoms with E-state index in [1.807, 2.05) is 0 Å². The SMILES string of the molecule is [N-]=[N+]=NC(c1ccc(-c2nnc(C(F)F)o2)cc1)C(F)C(F)F. The molecule has 0 aliphatic heterocycles. The van der Waals surface area contributed by atoms with Crippen LogP contribution in [0.1, 0.15) is 23.9 Å². The number of hydrogen-bond acceptors (Lipinski definition) is 4. The number of nitrogens with zero attached hydrogens (tertiary/aromatic N) is 5. The lowest BCUT2D eigenvalue weighted by Crippen LogP contribution is -2.20. The smallest absolute Gasteiger partial charge is 0.314 e. The Balaban J connectivity index is 2.27. The molecule has 2 atom stereocenters. The van der Waals surface area contributed by atoms with Crippen LogP contribution in [0.5, 0.6) is 0 Å². The molecule has 1 heterocycles. The Kier molecular flexibility index (Phi) is 5.12. The number of alkyl halides is 5. The first kappa shape index (κ1) is 16.7. The summed E-state index contributed by atoms with van der Waals surface area (Å²) >= 11 is 0. The number of aromatic nitrogens is 2. The van der Waals surface area contributed by atoms with E-state index in [4.69, 9.17) is 9.95 Å². The highest BCUT2D eigenvalue weighted by Gasteiger charge is 2.30. The fourth-order valence-corrected chi connectivity index (χ4v) is 1.77. The van der Waals surface area contributed by atoms with Crippen LogP contribution in [0.15, 0.2) is 33.8 Å². The molecule has 0 fully saturated rings. The van der Waals surface area contributed by atoms with Crippen LogP contribution in [0.2, 0.25) is 0 Å². The summed E-state index contributed by atoms with van der Waals surface area (Å²) in [6.07, 6.45) is -8.93. The maximum atomic E-state index is 13.4. The third-order valence-corrected chi connectivity index (χ3v) is 2.84. The number of hydrogen-bond donors (Lipinski definition) is 0. The molecule has 2 unspecified atom stereocenters. The predicted molar refractivity (Wildman–Crippen MR) is 67.5 cm³/mol. The molecule has 23 heavy (non-hydrogen) atoms. The van der Waals surface area contributed by atoms with Gasteiger partial charge in [-0.05, 0) is 23.2 Å². The highest BCUT2D eigenvalue weighted by molar-refractivity contribution is 5.53. The van der Waals surface area contributed by atoms with Gasteiger partial charge in [0.1, 0.15) is 0 Å². The maximum absolute atomic E-state index is 13.4. The molecule has 0 N–H and O–H groups in total. The van der Waals surface area contributed by atoms with Gasteiger partial charge in [0.05, 0.1) is 6.04 Å². The molecular weight excluding hydrogens is 325 g/mol. The van der Waals surface area contributed by atoms with Crippen molar-refractivity contribution >= 4 is 0 Å². The lowest BCUT2D eigenvalue weighted by Gasteiger charge is -2.15. The molecule has 2 aromatic rings. The second kappa shape index (κ2) is 7.05. The van der Waals surface area contributed by atoms with Gasteiger partial charge in [-0.15, -0.1) is 10.2 Å². The Morgan fingerprint density at radius 3 is 2.17 bits per heavy atom. The first-order valence-corrected chi connectivity index (χ1v) is 6.12. The number of halogens is 5. The number of azide groups is 1. The Labute approximate surface area is 125 Å². The monoisotopic (exact) mass is 333 g/mol. The van der Waals surface area contributed by atoms with Crippen molar-refractivity contribution in [3.63, 3.8) is 0 Å². The van der Waals surface area contributed by atoms with Crippen LogP contribution in [0.4, 0.5) is 22.0 Å². The van der Waals surface area contributed by atoms with E-state index in [0.717, 1.165) is 0 Å². The van der Waals surface area contributed by atoms with E-state index in [-0.39, 0.29) is 17.0 Å². The molecule has 11 heteroatoms. The Bertz CT molecular complexity index is 698. The molecule has 2 rings (SSSR count). The summed E-state index contributed by atoms with van der Waals surface area (Å²) in [7, 11) is 0. The topological polar surface area (TPSA) is 87.7 Å². The molecule has 6 nitrogen and oxygen atoms in total. The quantitative estimate of drug-likeness (QED) is 0.334. The van der Waals surface area contributed by atoms with Crippen molar-refractivity contribution in [2.75, 3.05) is 0 Å². The molecule has 1 aromatic carbocycles. The summed E-state index contributed by atoms with van der Waals surface area (Å²) in [5, 5.41) is 9.57. The molecule has 1 aromatic heterocycles. The molecule has 0 aliphatic carbocycles. The zero-order chi connectivity index (χ0) is 17.0. The summed E-state index contributed by atoms with van der Waals surface area (Å²) < 4.78 is 67.8. The average Bonchev–Trinajstić information content (AvgIpc) is 3.02. The van der Waals surface area contributed by atoms with Crippen molar-refractivity contribution in [2.24, 2.45) is 5.11 Å². The second-order valence-electron chi connectivity index (χ2n) is 4.30. The molecule has 0 aliphatic rings. The summed E-state index contributed by atoms with van der Waals surface area (Å²) in [6, 6.07) is 3.24. The molecule has 0 spiro atoms. The van der Waals surface area contributed by atoms with Crippen molar-refractivity contribution in [1.29, 1.82) is 0 Å². The van der Waals surface area contributed by atoms with Crippen LogP contribution in [0.25, 0.3) is 21.9 Å². The van der Waals surface area contributed by atoms with Gasteiger partial charge in [-0.3, -0.25) is 0 Å². The van der Waals surface area contributed by atoms with Gasteiger partial charge in [0, 0.05) is 10.5 Å². The largest absolute Gasteiger partial charge is 0.415 e. The standard InChI is InChI=1S/C12H8F5N5O/c13-7(9(14)15)8(19-22-18)5-1-3-6(4-2-5)11-20-21-12(23-11)10(16)17/h1-4,7-10H. The van der Waals surface area contributed by atoms with Gasteiger partial charge in [0.25, 0.3) is 12.3 Å². The molecule has 0 saturated carbocycles. The third kappa shape index (κ3) is 3.75. The first-order chi connectivity index (χ1) is 10.9. The van der Waals surface area contributed by atoms with Gasteiger partial charge >= 0.3 is 6.43 Å². The highest BCUT2D eigenvalue weighted by atomic mass is 19.3. The minimum absolute atomic E-state index is 0.00653. The zero-order valence-electron chi connectivity index (χ0n) is 11.2. The molecule has 0 amide bonds. The summed E-state index contributed by atoms with van der Waals surface area (Å²) in [4.78, 5) is 2.35. The van der Waals surface area contributed by atoms with Crippen LogP contribution in [0, 0.1) is 0 Å². The Morgan fingerprint density at radius 1 is 1.04 bits per heavy atom. The fourth-order valence-electron chi connectivity index (χ4n) is 1.77. The minimum atomic E-state index is -3.32. The molecule has 0 saturated heterocycles. The number of rotatable bonds is 6. The van der Waals surface area contributed by atoms with Gasteiger partial charge < -0.3 is 4.42 Å². The maximum Gasteiger partial charge on any atom is 0.314 e. The van der Waals surface area contributed by atoms with E-state index in [1.165, 1.54) is 24.3 Å². The van der Waals surface area contributed by atoms with Gasteiger partial charge in [-0.2, -0.15) is 8.78 Å². The third-order valence-electron chi connectivity index (χ3n) is 2.84. The van der Waals surface area contributed by atoms with Crippen molar-refractivity contribution in [2.45, 2.75) is 25.1 Å². The van der Waals surface area contributed by atoms with Gasteiger partial charge in [0.15, 0.2) is 6.17 Å². The fraction of sp³-hybridized carbons (Fsp3) is 0.333. The Morgan fingerprint density at radius 2 is 1.70 bits per heavy atom. The van der Waals surface area contributed by atoms with Crippen molar-refractivity contribution in [1.82, 2.24) is 10.2 Å². The van der Waals surface area contributed by atoms with Crippen molar-refractivity contribution in [3.05, 3.63) is 46.2 Å². The average molecular weight is 333 g/mol. The van der Waals surface area contributed by atoms with E-state index in [1.54, 1.807) is 0 Å². The zero-order valence-corrected chi connectivity index (χ0v) is 11.2. The van der Waals surface area contributed by atoms with E-state index >= 15 is 0 Å². The Hall–Kier alpha value is -2.68. The van der Waals surface area contributed by atoms with E-state index < -0.39 is 31.0 Å². The lowest BCUT2D eigenvalue weighted by molar-refractivity contribution is 0.0355. The van der Waals surface area contributed by atoms with Crippen LogP contribution in [0.3, 0.4) is 0 Å². The van der Waals surface area contributed by atoms with Crippen molar-refractivity contribution < 1.29 is 26.4 Å². The van der Waals surface area contributed by atoms with Gasteiger partial charge in [-0.1, -0.05) is 17.2 Å². The van der Waals surface area contributed by atoms with E-state index in [0.29, 0.717) is 0 Å². The van der Waals surface area contributed by atoms with E-state index in [9.17, 15) is 22.0 Å². The molecule has 0 radical (unpaired) electrons. The summed E-state index contributed by atoms with van der Waals surface area (Å²) in [5.74, 6) is -1.07. The van der Waals surface area contributed by atoms with Gasteiger partial charge in [-0.25, -0.2) is 13.2 Å². The van der Waals surface area contributed by atoms with E-state index in [2.05, 4.69) is 20.2 Å². The van der Waals surface area contributed by atoms with Gasteiger partial charge in [0.2, 0.25) is 5.89 Å². The lowest BCUT2D eigenvalue weighted by atomic mass is 10.0. The molecule has 122 valence electrons. The van der Waals surface area contributed by atoms with Crippen molar-refractivity contribution in [3.8, 4) is 11.5 Å². The van der Waals surface area contributed by atoms with Crippen LogP contribution in [-0.4, -0.2) is 22.8 Å². The number of benzene rings is 1. The normalized spacial score (nSPS) is 13.9. The molecular formula is C12H8F5N5O. The first-order valence-electron chi connectivity index (χ1n) is 6.12. The second-order valence-corrected chi connectivity index (χ2v) is 4.30. The highest BCUT2D eigenvalue weighted by Crippen LogP contribution is 2.30. The summed E-state index contributed by atoms with van der Waals surface area (Å²) in [6.45, 7) is 0. The van der Waals surface area contributed by atoms with Crippen LogP contribution >= 0.6 is 0 Å². The minimum Gasteiger partial charge on any atom is -0.415 e. The summed E-state index contributed by atoms with van der Waals surface area (Å²) in [5.41, 5.74) is 8.57. The predicted octanol–water partition coefficient (Wildman–Crippen LogP) is 4.63.